The molecule has 0 fully saturated rings. The van der Waals surface area contributed by atoms with Gasteiger partial charge in [0, 0.05) is 17.2 Å². The van der Waals surface area contributed by atoms with E-state index < -0.39 is 35.4 Å². The van der Waals surface area contributed by atoms with E-state index in [1.165, 1.54) is 38.1 Å². The average molecular weight is 384 g/mol. The molecule has 7 nitrogen and oxygen atoms in total. The lowest BCUT2D eigenvalue weighted by Gasteiger charge is -2.29. The van der Waals surface area contributed by atoms with Crippen LogP contribution in [0.5, 0.6) is 0 Å². The molecule has 2 aromatic rings. The Balaban J connectivity index is 2.00. The topological polar surface area (TPSA) is 119 Å². The average Bonchev–Trinajstić information content (AvgIpc) is 2.68. The molecule has 0 spiro atoms. The van der Waals surface area contributed by atoms with Crippen LogP contribution in [0.2, 0.25) is 0 Å². The monoisotopic (exact) mass is 384 g/mol. The van der Waals surface area contributed by atoms with Crippen LogP contribution >= 0.6 is 0 Å². The van der Waals surface area contributed by atoms with Gasteiger partial charge in [-0.1, -0.05) is 37.3 Å². The van der Waals surface area contributed by atoms with Crippen LogP contribution in [-0.2, 0) is 14.3 Å². The van der Waals surface area contributed by atoms with Crippen molar-refractivity contribution in [2.75, 3.05) is 5.32 Å². The number of aliphatic hydroxyl groups is 1. The lowest BCUT2D eigenvalue weighted by molar-refractivity contribution is -0.172. The first kappa shape index (κ1) is 21.1. The van der Waals surface area contributed by atoms with Crippen molar-refractivity contribution in [3.63, 3.8) is 0 Å². The van der Waals surface area contributed by atoms with Crippen LogP contribution in [0.4, 0.5) is 5.69 Å². The molecule has 0 aliphatic carbocycles. The summed E-state index contributed by atoms with van der Waals surface area (Å²) in [7, 11) is 0. The van der Waals surface area contributed by atoms with Gasteiger partial charge < -0.3 is 20.9 Å². The molecule has 0 saturated heterocycles. The predicted molar refractivity (Wildman–Crippen MR) is 105 cm³/mol. The van der Waals surface area contributed by atoms with E-state index in [0.717, 1.165) is 5.56 Å². The second kappa shape index (κ2) is 8.67. The first-order valence-electron chi connectivity index (χ1n) is 8.82. The van der Waals surface area contributed by atoms with Gasteiger partial charge in [0.25, 0.3) is 5.91 Å². The number of nitrogens with one attached hydrogen (secondary N) is 1. The number of esters is 1. The Morgan fingerprint density at radius 2 is 1.61 bits per heavy atom. The summed E-state index contributed by atoms with van der Waals surface area (Å²) in [4.78, 5) is 35.8. The van der Waals surface area contributed by atoms with Gasteiger partial charge in [-0.05, 0) is 43.7 Å². The fourth-order valence-corrected chi connectivity index (χ4v) is 2.54. The molecule has 2 rings (SSSR count). The van der Waals surface area contributed by atoms with E-state index in [0.29, 0.717) is 11.3 Å². The van der Waals surface area contributed by atoms with Crippen molar-refractivity contribution >= 4 is 23.5 Å². The van der Waals surface area contributed by atoms with Crippen LogP contribution in [-0.4, -0.2) is 34.6 Å². The minimum Gasteiger partial charge on any atom is -0.450 e. The molecule has 0 radical (unpaired) electrons. The van der Waals surface area contributed by atoms with Gasteiger partial charge in [0.05, 0.1) is 0 Å². The number of rotatable bonds is 7. The second-order valence-electron chi connectivity index (χ2n) is 6.76. The minimum atomic E-state index is -1.81. The lowest BCUT2D eigenvalue weighted by Crippen LogP contribution is -2.44. The Hall–Kier alpha value is -3.19. The molecular formula is C21H24N2O5. The number of primary amides is 1. The predicted octanol–water partition coefficient (Wildman–Crippen LogP) is 2.21. The largest absolute Gasteiger partial charge is 0.450 e. The molecule has 28 heavy (non-hydrogen) atoms. The van der Waals surface area contributed by atoms with Crippen molar-refractivity contribution in [2.24, 2.45) is 5.73 Å². The summed E-state index contributed by atoms with van der Waals surface area (Å²) < 4.78 is 5.18. The molecule has 0 aliphatic rings. The van der Waals surface area contributed by atoms with Crippen molar-refractivity contribution in [1.82, 2.24) is 0 Å². The molecule has 7 heteroatoms. The van der Waals surface area contributed by atoms with E-state index in [2.05, 4.69) is 5.32 Å². The van der Waals surface area contributed by atoms with Gasteiger partial charge in [-0.15, -0.1) is 0 Å². The number of carbonyl (C=O) groups is 3. The molecule has 2 amide bonds. The minimum absolute atomic E-state index is 0.309. The van der Waals surface area contributed by atoms with Crippen molar-refractivity contribution < 1.29 is 24.2 Å². The molecule has 0 bridgehead atoms. The van der Waals surface area contributed by atoms with Gasteiger partial charge in [0.15, 0.2) is 11.7 Å². The van der Waals surface area contributed by atoms with E-state index in [9.17, 15) is 19.5 Å². The van der Waals surface area contributed by atoms with E-state index in [1.807, 2.05) is 18.2 Å². The quantitative estimate of drug-likeness (QED) is 0.633. The third kappa shape index (κ3) is 4.95. The van der Waals surface area contributed by atoms with E-state index in [4.69, 9.17) is 10.5 Å². The Bertz CT molecular complexity index is 847. The normalized spacial score (nSPS) is 15.0. The first-order chi connectivity index (χ1) is 13.1. The summed E-state index contributed by atoms with van der Waals surface area (Å²) in [6, 6.07) is 15.0. The van der Waals surface area contributed by atoms with Crippen LogP contribution < -0.4 is 11.1 Å². The highest BCUT2D eigenvalue weighted by molar-refractivity contribution is 5.97. The number of ether oxygens (including phenoxy) is 1. The van der Waals surface area contributed by atoms with Gasteiger partial charge in [-0.25, -0.2) is 4.79 Å². The van der Waals surface area contributed by atoms with Crippen LogP contribution in [0.15, 0.2) is 54.6 Å². The van der Waals surface area contributed by atoms with Crippen molar-refractivity contribution in [1.29, 1.82) is 0 Å². The van der Waals surface area contributed by atoms with Crippen LogP contribution in [0.3, 0.4) is 0 Å². The number of amides is 2. The molecule has 148 valence electrons. The van der Waals surface area contributed by atoms with Gasteiger partial charge in [0.1, 0.15) is 0 Å². The fraction of sp³-hybridized carbons (Fsp3) is 0.286. The van der Waals surface area contributed by atoms with E-state index in [-0.39, 0.29) is 0 Å². The van der Waals surface area contributed by atoms with Crippen LogP contribution in [0.25, 0.3) is 0 Å². The van der Waals surface area contributed by atoms with Crippen molar-refractivity contribution in [2.45, 2.75) is 38.4 Å². The zero-order valence-corrected chi connectivity index (χ0v) is 16.0. The SMILES string of the molecule is C[C@H](OC(=O)[C@](C)(O)[C@@H](C)c1ccccc1)C(=O)Nc1ccc(C(N)=O)cc1. The van der Waals surface area contributed by atoms with Crippen molar-refractivity contribution in [3.8, 4) is 0 Å². The summed E-state index contributed by atoms with van der Waals surface area (Å²) in [5.41, 5.74) is 4.86. The number of carbonyl (C=O) groups excluding carboxylic acids is 3. The zero-order valence-electron chi connectivity index (χ0n) is 16.0. The highest BCUT2D eigenvalue weighted by Gasteiger charge is 2.40. The Morgan fingerprint density at radius 1 is 1.04 bits per heavy atom. The smallest absolute Gasteiger partial charge is 0.339 e. The van der Waals surface area contributed by atoms with E-state index in [1.54, 1.807) is 19.1 Å². The number of anilines is 1. The van der Waals surface area contributed by atoms with Crippen LogP contribution in [0.1, 0.15) is 42.6 Å². The Kier molecular flexibility index (Phi) is 6.53. The maximum Gasteiger partial charge on any atom is 0.339 e. The molecule has 0 unspecified atom stereocenters. The molecule has 3 atom stereocenters. The van der Waals surface area contributed by atoms with Crippen molar-refractivity contribution in [3.05, 3.63) is 65.7 Å². The third-order valence-corrected chi connectivity index (χ3v) is 4.65. The Labute approximate surface area is 163 Å². The maximum atomic E-state index is 12.5. The Morgan fingerprint density at radius 3 is 2.14 bits per heavy atom. The van der Waals surface area contributed by atoms with E-state index >= 15 is 0 Å². The standard InChI is InChI=1S/C21H24N2O5/c1-13(15-7-5-4-6-8-15)21(3,27)20(26)28-14(2)19(25)23-17-11-9-16(10-12-17)18(22)24/h4-14,27H,1-3H3,(H2,22,24)(H,23,25)/t13-,14-,21+/m0/s1. The summed E-state index contributed by atoms with van der Waals surface area (Å²) in [6.07, 6.45) is -1.13. The van der Waals surface area contributed by atoms with Gasteiger partial charge >= 0.3 is 5.97 Å². The lowest BCUT2D eigenvalue weighted by atomic mass is 9.85. The summed E-state index contributed by atoms with van der Waals surface area (Å²) in [5.74, 6) is -2.56. The highest BCUT2D eigenvalue weighted by atomic mass is 16.6. The first-order valence-corrected chi connectivity index (χ1v) is 8.82. The molecule has 0 saturated carbocycles. The number of hydrogen-bond acceptors (Lipinski definition) is 5. The molecule has 2 aromatic carbocycles. The van der Waals surface area contributed by atoms with Gasteiger partial charge in [-0.3, -0.25) is 9.59 Å². The van der Waals surface area contributed by atoms with Crippen LogP contribution in [0, 0.1) is 0 Å². The third-order valence-electron chi connectivity index (χ3n) is 4.65. The zero-order chi connectivity index (χ0) is 20.9. The highest BCUT2D eigenvalue weighted by Crippen LogP contribution is 2.29. The number of benzene rings is 2. The van der Waals surface area contributed by atoms with Gasteiger partial charge in [-0.2, -0.15) is 0 Å². The molecule has 4 N–H and O–H groups in total. The second-order valence-corrected chi connectivity index (χ2v) is 6.76. The number of hydrogen-bond donors (Lipinski definition) is 3. The molecule has 0 heterocycles. The summed E-state index contributed by atoms with van der Waals surface area (Å²) >= 11 is 0. The van der Waals surface area contributed by atoms with Gasteiger partial charge in [0.2, 0.25) is 5.91 Å². The number of nitrogens with two attached hydrogens (primary N) is 1. The molecule has 0 aromatic heterocycles. The molecule has 0 aliphatic heterocycles. The summed E-state index contributed by atoms with van der Waals surface area (Å²) in [5, 5.41) is 13.2. The summed E-state index contributed by atoms with van der Waals surface area (Å²) in [6.45, 7) is 4.48. The maximum absolute atomic E-state index is 12.5. The molecular weight excluding hydrogens is 360 g/mol. The fourth-order valence-electron chi connectivity index (χ4n) is 2.54.